The summed E-state index contributed by atoms with van der Waals surface area (Å²) < 4.78 is 37.7. The molecule has 1 aromatic rings. The molecule has 0 spiro atoms. The first-order chi connectivity index (χ1) is 11.4. The van der Waals surface area contributed by atoms with Crippen LogP contribution in [0.2, 0.25) is 0 Å². The van der Waals surface area contributed by atoms with E-state index in [1.54, 1.807) is 11.0 Å². The van der Waals surface area contributed by atoms with Crippen LogP contribution in [0, 0.1) is 13.8 Å². The smallest absolute Gasteiger partial charge is 0.254 e. The number of amides is 1. The summed E-state index contributed by atoms with van der Waals surface area (Å²) in [7, 11) is -3.50. The summed E-state index contributed by atoms with van der Waals surface area (Å²) in [5, 5.41) is 0. The number of carbonyl (C=O) groups excluding carboxylic acids is 1. The van der Waals surface area contributed by atoms with Gasteiger partial charge in [0.25, 0.3) is 5.91 Å². The minimum atomic E-state index is -3.50. The Balaban J connectivity index is 1.64. The lowest BCUT2D eigenvalue weighted by Gasteiger charge is -2.36. The minimum Gasteiger partial charge on any atom is -0.376 e. The van der Waals surface area contributed by atoms with E-state index in [1.165, 1.54) is 15.6 Å². The summed E-state index contributed by atoms with van der Waals surface area (Å²) in [6.07, 6.45) is -0.566. The van der Waals surface area contributed by atoms with Gasteiger partial charge < -0.3 is 14.4 Å². The molecule has 0 aliphatic carbocycles. The molecule has 2 fully saturated rings. The summed E-state index contributed by atoms with van der Waals surface area (Å²) in [4.78, 5) is 16.2. The molecule has 7 nitrogen and oxygen atoms in total. The number of aryl methyl sites for hydroxylation is 2. The average Bonchev–Trinajstić information content (AvgIpc) is 2.94. The van der Waals surface area contributed by atoms with Crippen LogP contribution in [0.5, 0.6) is 0 Å². The summed E-state index contributed by atoms with van der Waals surface area (Å²) in [5.74, 6) is -0.116. The van der Waals surface area contributed by atoms with Gasteiger partial charge >= 0.3 is 0 Å². The quantitative estimate of drug-likeness (QED) is 0.775. The van der Waals surface area contributed by atoms with Crippen molar-refractivity contribution in [2.45, 2.75) is 24.8 Å². The van der Waals surface area contributed by atoms with E-state index in [9.17, 15) is 13.2 Å². The van der Waals surface area contributed by atoms with Crippen LogP contribution < -0.4 is 0 Å². The Morgan fingerprint density at radius 1 is 1.21 bits per heavy atom. The highest BCUT2D eigenvalue weighted by molar-refractivity contribution is 7.89. The number of rotatable bonds is 3. The Kier molecular flexibility index (Phi) is 5.26. The molecule has 2 aliphatic heterocycles. The summed E-state index contributed by atoms with van der Waals surface area (Å²) in [6.45, 7) is 6.28. The molecule has 134 valence electrons. The van der Waals surface area contributed by atoms with Crippen molar-refractivity contribution in [3.05, 3.63) is 15.8 Å². The van der Waals surface area contributed by atoms with Crippen LogP contribution in [0.25, 0.3) is 0 Å². The fraction of sp³-hybridized carbons (Fsp3) is 0.667. The third-order valence-corrected chi connectivity index (χ3v) is 7.37. The molecule has 0 radical (unpaired) electrons. The Morgan fingerprint density at radius 3 is 2.46 bits per heavy atom. The largest absolute Gasteiger partial charge is 0.376 e. The number of hydrogen-bond acceptors (Lipinski definition) is 6. The van der Waals surface area contributed by atoms with Gasteiger partial charge in [0.05, 0.1) is 24.7 Å². The molecule has 3 heterocycles. The summed E-state index contributed by atoms with van der Waals surface area (Å²) in [5.41, 5.74) is 0. The van der Waals surface area contributed by atoms with E-state index in [2.05, 4.69) is 0 Å². The zero-order valence-electron chi connectivity index (χ0n) is 13.9. The lowest BCUT2D eigenvalue weighted by molar-refractivity contribution is -0.159. The highest BCUT2D eigenvalue weighted by Crippen LogP contribution is 2.28. The maximum absolute atomic E-state index is 12.8. The second kappa shape index (κ2) is 7.09. The third kappa shape index (κ3) is 3.50. The van der Waals surface area contributed by atoms with E-state index in [0.29, 0.717) is 44.3 Å². The molecular formula is C15H22N2O5S2. The van der Waals surface area contributed by atoms with Gasteiger partial charge in [0.1, 0.15) is 0 Å². The molecule has 1 unspecified atom stereocenters. The Hall–Kier alpha value is -1.00. The van der Waals surface area contributed by atoms with Gasteiger partial charge in [0.15, 0.2) is 6.10 Å². The number of sulfonamides is 1. The molecule has 3 rings (SSSR count). The van der Waals surface area contributed by atoms with Gasteiger partial charge in [-0.1, -0.05) is 0 Å². The molecule has 0 aromatic carbocycles. The Bertz CT molecular complexity index is 701. The van der Waals surface area contributed by atoms with Crippen LogP contribution in [0.3, 0.4) is 0 Å². The second-order valence-electron chi connectivity index (χ2n) is 5.94. The molecular weight excluding hydrogens is 352 g/mol. The minimum absolute atomic E-state index is 0.116. The maximum Gasteiger partial charge on any atom is 0.254 e. The Morgan fingerprint density at radius 2 is 1.92 bits per heavy atom. The molecule has 1 amide bonds. The van der Waals surface area contributed by atoms with Crippen LogP contribution in [0.4, 0.5) is 0 Å². The zero-order chi connectivity index (χ0) is 17.3. The normalized spacial score (nSPS) is 23.4. The predicted molar refractivity (Wildman–Crippen MR) is 89.7 cm³/mol. The van der Waals surface area contributed by atoms with Crippen LogP contribution in [-0.4, -0.2) is 75.6 Å². The highest BCUT2D eigenvalue weighted by Gasteiger charge is 2.34. The molecule has 2 saturated heterocycles. The van der Waals surface area contributed by atoms with E-state index >= 15 is 0 Å². The second-order valence-corrected chi connectivity index (χ2v) is 9.31. The van der Waals surface area contributed by atoms with E-state index in [-0.39, 0.29) is 12.5 Å². The molecule has 24 heavy (non-hydrogen) atoms. The number of piperazine rings is 1. The van der Waals surface area contributed by atoms with Gasteiger partial charge in [0, 0.05) is 35.9 Å². The fourth-order valence-corrected chi connectivity index (χ4v) is 5.93. The molecule has 9 heteroatoms. The standard InChI is InChI=1S/C15H22N2O5S2/c1-11-9-14(12(2)23-11)24(19,20)17-5-3-16(4-6-17)15(18)13-10-21-7-8-22-13/h9,13H,3-8,10H2,1-2H3. The first-order valence-corrected chi connectivity index (χ1v) is 10.2. The van der Waals surface area contributed by atoms with Crippen molar-refractivity contribution in [2.75, 3.05) is 46.0 Å². The predicted octanol–water partition coefficient (Wildman–Crippen LogP) is 0.613. The van der Waals surface area contributed by atoms with Crippen molar-refractivity contribution in [1.82, 2.24) is 9.21 Å². The number of carbonyl (C=O) groups is 1. The molecule has 0 saturated carbocycles. The van der Waals surface area contributed by atoms with Gasteiger partial charge in [-0.2, -0.15) is 4.31 Å². The fourth-order valence-electron chi connectivity index (χ4n) is 2.99. The zero-order valence-corrected chi connectivity index (χ0v) is 15.5. The van der Waals surface area contributed by atoms with Crippen molar-refractivity contribution in [3.8, 4) is 0 Å². The van der Waals surface area contributed by atoms with Crippen LogP contribution in [-0.2, 0) is 24.3 Å². The van der Waals surface area contributed by atoms with Crippen molar-refractivity contribution >= 4 is 27.3 Å². The van der Waals surface area contributed by atoms with Gasteiger partial charge in [-0.15, -0.1) is 11.3 Å². The van der Waals surface area contributed by atoms with Crippen LogP contribution in [0.15, 0.2) is 11.0 Å². The van der Waals surface area contributed by atoms with Gasteiger partial charge in [-0.3, -0.25) is 4.79 Å². The van der Waals surface area contributed by atoms with Crippen molar-refractivity contribution in [1.29, 1.82) is 0 Å². The first kappa shape index (κ1) is 17.8. The first-order valence-electron chi connectivity index (χ1n) is 7.95. The third-order valence-electron chi connectivity index (χ3n) is 4.25. The van der Waals surface area contributed by atoms with Crippen LogP contribution >= 0.6 is 11.3 Å². The topological polar surface area (TPSA) is 76.2 Å². The summed E-state index contributed by atoms with van der Waals surface area (Å²) >= 11 is 1.48. The SMILES string of the molecule is Cc1cc(S(=O)(=O)N2CCN(C(=O)C3COCCO3)CC2)c(C)s1. The molecule has 1 aromatic heterocycles. The lowest BCUT2D eigenvalue weighted by atomic mass is 10.2. The van der Waals surface area contributed by atoms with E-state index < -0.39 is 16.1 Å². The van der Waals surface area contributed by atoms with E-state index in [4.69, 9.17) is 9.47 Å². The molecule has 0 N–H and O–H groups in total. The number of ether oxygens (including phenoxy) is 2. The van der Waals surface area contributed by atoms with Gasteiger partial charge in [-0.25, -0.2) is 8.42 Å². The molecule has 2 aliphatic rings. The van der Waals surface area contributed by atoms with Crippen molar-refractivity contribution < 1.29 is 22.7 Å². The summed E-state index contributed by atoms with van der Waals surface area (Å²) in [6, 6.07) is 1.72. The van der Waals surface area contributed by atoms with E-state index in [0.717, 1.165) is 9.75 Å². The molecule has 1 atom stereocenters. The number of nitrogens with zero attached hydrogens (tertiary/aromatic N) is 2. The average molecular weight is 374 g/mol. The van der Waals surface area contributed by atoms with Gasteiger partial charge in [0.2, 0.25) is 10.0 Å². The van der Waals surface area contributed by atoms with Crippen molar-refractivity contribution in [2.24, 2.45) is 0 Å². The Labute approximate surface area is 146 Å². The monoisotopic (exact) mass is 374 g/mol. The lowest BCUT2D eigenvalue weighted by Crippen LogP contribution is -2.54. The van der Waals surface area contributed by atoms with E-state index in [1.807, 2.05) is 13.8 Å². The highest BCUT2D eigenvalue weighted by atomic mass is 32.2. The number of thiophene rings is 1. The maximum atomic E-state index is 12.8. The van der Waals surface area contributed by atoms with Gasteiger partial charge in [-0.05, 0) is 19.9 Å². The van der Waals surface area contributed by atoms with Crippen LogP contribution in [0.1, 0.15) is 9.75 Å². The molecule has 0 bridgehead atoms. The van der Waals surface area contributed by atoms with Crippen molar-refractivity contribution in [3.63, 3.8) is 0 Å². The number of hydrogen-bond donors (Lipinski definition) is 0.